The molecule has 0 saturated heterocycles. The summed E-state index contributed by atoms with van der Waals surface area (Å²) in [6.45, 7) is 9.28. The molecule has 3 heteroatoms. The first-order valence-corrected chi connectivity index (χ1v) is 6.90. The van der Waals surface area contributed by atoms with E-state index in [0.717, 1.165) is 12.1 Å². The van der Waals surface area contributed by atoms with E-state index in [1.54, 1.807) is 0 Å². The Morgan fingerprint density at radius 1 is 1.21 bits per heavy atom. The van der Waals surface area contributed by atoms with Crippen molar-refractivity contribution in [2.45, 2.75) is 40.0 Å². The molecule has 2 N–H and O–H groups in total. The lowest BCUT2D eigenvalue weighted by atomic mass is 10.0. The van der Waals surface area contributed by atoms with Gasteiger partial charge in [-0.05, 0) is 49.9 Å². The third-order valence-corrected chi connectivity index (χ3v) is 3.62. The molecule has 1 aromatic carbocycles. The number of nitrogens with zero attached hydrogens (tertiary/aromatic N) is 2. The molecular formula is C16H23N3. The van der Waals surface area contributed by atoms with Crippen molar-refractivity contribution in [2.24, 2.45) is 5.73 Å². The second kappa shape index (κ2) is 5.57. The van der Waals surface area contributed by atoms with Crippen LogP contribution in [0.3, 0.4) is 0 Å². The molecule has 1 heterocycles. The average molecular weight is 257 g/mol. The number of rotatable bonds is 4. The van der Waals surface area contributed by atoms with E-state index in [-0.39, 0.29) is 0 Å². The lowest BCUT2D eigenvalue weighted by molar-refractivity contribution is 0.785. The zero-order valence-electron chi connectivity index (χ0n) is 12.3. The van der Waals surface area contributed by atoms with Crippen LogP contribution in [0.15, 0.2) is 24.3 Å². The predicted molar refractivity (Wildman–Crippen MR) is 79.9 cm³/mol. The predicted octanol–water partition coefficient (Wildman–Crippen LogP) is 3.11. The van der Waals surface area contributed by atoms with Gasteiger partial charge >= 0.3 is 0 Å². The Balaban J connectivity index is 2.57. The van der Waals surface area contributed by atoms with E-state index < -0.39 is 0 Å². The standard InChI is InChI=1S/C16H23N3/c1-11(2)14-7-5-6-8-16(14)19-13(4)15(9-10-17)12(3)18-19/h5-8,11H,9-10,17H2,1-4H3. The van der Waals surface area contributed by atoms with E-state index in [9.17, 15) is 0 Å². The summed E-state index contributed by atoms with van der Waals surface area (Å²) >= 11 is 0. The van der Waals surface area contributed by atoms with Crippen LogP contribution in [0.2, 0.25) is 0 Å². The van der Waals surface area contributed by atoms with Gasteiger partial charge in [0.1, 0.15) is 0 Å². The molecule has 0 amide bonds. The normalized spacial score (nSPS) is 11.3. The van der Waals surface area contributed by atoms with Gasteiger partial charge in [-0.1, -0.05) is 32.0 Å². The molecule has 0 radical (unpaired) electrons. The molecule has 0 bridgehead atoms. The fourth-order valence-corrected chi connectivity index (χ4v) is 2.58. The lowest BCUT2D eigenvalue weighted by Crippen LogP contribution is -2.06. The summed E-state index contributed by atoms with van der Waals surface area (Å²) < 4.78 is 2.07. The number of aromatic nitrogens is 2. The highest BCUT2D eigenvalue weighted by Gasteiger charge is 2.15. The second-order valence-electron chi connectivity index (χ2n) is 5.31. The van der Waals surface area contributed by atoms with Gasteiger partial charge in [-0.2, -0.15) is 5.10 Å². The van der Waals surface area contributed by atoms with Gasteiger partial charge in [0, 0.05) is 5.69 Å². The molecule has 0 fully saturated rings. The van der Waals surface area contributed by atoms with E-state index in [1.165, 1.54) is 22.5 Å². The number of hydrogen-bond donors (Lipinski definition) is 1. The van der Waals surface area contributed by atoms with Crippen molar-refractivity contribution < 1.29 is 0 Å². The van der Waals surface area contributed by atoms with E-state index in [0.29, 0.717) is 12.5 Å². The van der Waals surface area contributed by atoms with Crippen molar-refractivity contribution in [3.8, 4) is 5.69 Å². The minimum Gasteiger partial charge on any atom is -0.330 e. The molecule has 0 unspecified atom stereocenters. The molecule has 3 nitrogen and oxygen atoms in total. The minimum atomic E-state index is 0.484. The first-order valence-electron chi connectivity index (χ1n) is 6.90. The summed E-state index contributed by atoms with van der Waals surface area (Å²) in [5.41, 5.74) is 11.8. The number of aryl methyl sites for hydroxylation is 1. The third-order valence-electron chi connectivity index (χ3n) is 3.62. The number of nitrogens with two attached hydrogens (primary N) is 1. The fraction of sp³-hybridized carbons (Fsp3) is 0.438. The SMILES string of the molecule is Cc1nn(-c2ccccc2C(C)C)c(C)c1CCN. The smallest absolute Gasteiger partial charge is 0.0683 e. The van der Waals surface area contributed by atoms with Crippen molar-refractivity contribution in [3.63, 3.8) is 0 Å². The van der Waals surface area contributed by atoms with E-state index >= 15 is 0 Å². The van der Waals surface area contributed by atoms with Crippen LogP contribution in [0.1, 0.15) is 42.3 Å². The van der Waals surface area contributed by atoms with Gasteiger partial charge in [-0.3, -0.25) is 0 Å². The maximum absolute atomic E-state index is 5.69. The van der Waals surface area contributed by atoms with Crippen LogP contribution in [0.25, 0.3) is 5.69 Å². The highest BCUT2D eigenvalue weighted by Crippen LogP contribution is 2.25. The highest BCUT2D eigenvalue weighted by atomic mass is 15.3. The molecule has 0 saturated carbocycles. The molecule has 0 aliphatic carbocycles. The van der Waals surface area contributed by atoms with Crippen molar-refractivity contribution in [1.29, 1.82) is 0 Å². The summed E-state index contributed by atoms with van der Waals surface area (Å²) in [7, 11) is 0. The zero-order chi connectivity index (χ0) is 14.0. The number of para-hydroxylation sites is 1. The van der Waals surface area contributed by atoms with Gasteiger partial charge in [0.05, 0.1) is 11.4 Å². The zero-order valence-corrected chi connectivity index (χ0v) is 12.3. The third kappa shape index (κ3) is 2.56. The Morgan fingerprint density at radius 2 is 1.89 bits per heavy atom. The maximum atomic E-state index is 5.69. The Hall–Kier alpha value is -1.61. The molecule has 2 aromatic rings. The largest absolute Gasteiger partial charge is 0.330 e. The summed E-state index contributed by atoms with van der Waals surface area (Å²) in [4.78, 5) is 0. The maximum Gasteiger partial charge on any atom is 0.0683 e. The topological polar surface area (TPSA) is 43.8 Å². The van der Waals surface area contributed by atoms with Gasteiger partial charge in [0.2, 0.25) is 0 Å². The van der Waals surface area contributed by atoms with Gasteiger partial charge in [0.15, 0.2) is 0 Å². The molecule has 0 atom stereocenters. The quantitative estimate of drug-likeness (QED) is 0.914. The Kier molecular flexibility index (Phi) is 4.05. The van der Waals surface area contributed by atoms with Gasteiger partial charge in [-0.25, -0.2) is 4.68 Å². The van der Waals surface area contributed by atoms with Crippen LogP contribution in [0.4, 0.5) is 0 Å². The van der Waals surface area contributed by atoms with E-state index in [4.69, 9.17) is 10.8 Å². The van der Waals surface area contributed by atoms with Crippen LogP contribution in [-0.4, -0.2) is 16.3 Å². The summed E-state index contributed by atoms with van der Waals surface area (Å²) in [5.74, 6) is 0.484. The van der Waals surface area contributed by atoms with Crippen LogP contribution >= 0.6 is 0 Å². The molecule has 0 aliphatic heterocycles. The number of benzene rings is 1. The highest BCUT2D eigenvalue weighted by molar-refractivity contribution is 5.45. The number of hydrogen-bond acceptors (Lipinski definition) is 2. The van der Waals surface area contributed by atoms with Gasteiger partial charge in [0.25, 0.3) is 0 Å². The molecule has 2 rings (SSSR count). The molecular weight excluding hydrogens is 234 g/mol. The average Bonchev–Trinajstić information content (AvgIpc) is 2.67. The fourth-order valence-electron chi connectivity index (χ4n) is 2.58. The Bertz CT molecular complexity index is 567. The van der Waals surface area contributed by atoms with Crippen molar-refractivity contribution >= 4 is 0 Å². The lowest BCUT2D eigenvalue weighted by Gasteiger charge is -2.14. The molecule has 1 aromatic heterocycles. The Morgan fingerprint density at radius 3 is 2.53 bits per heavy atom. The minimum absolute atomic E-state index is 0.484. The molecule has 0 spiro atoms. The van der Waals surface area contributed by atoms with Crippen molar-refractivity contribution in [3.05, 3.63) is 46.8 Å². The monoisotopic (exact) mass is 257 g/mol. The van der Waals surface area contributed by atoms with Crippen molar-refractivity contribution in [2.75, 3.05) is 6.54 Å². The van der Waals surface area contributed by atoms with Crippen molar-refractivity contribution in [1.82, 2.24) is 9.78 Å². The molecule has 0 aliphatic rings. The molecule has 19 heavy (non-hydrogen) atoms. The van der Waals surface area contributed by atoms with Gasteiger partial charge < -0.3 is 5.73 Å². The first-order chi connectivity index (χ1) is 9.06. The van der Waals surface area contributed by atoms with Gasteiger partial charge in [-0.15, -0.1) is 0 Å². The Labute approximate surface area is 115 Å². The van der Waals surface area contributed by atoms with E-state index in [2.05, 4.69) is 56.6 Å². The van der Waals surface area contributed by atoms with Crippen LogP contribution in [0, 0.1) is 13.8 Å². The summed E-state index contributed by atoms with van der Waals surface area (Å²) in [5, 5.41) is 4.70. The van der Waals surface area contributed by atoms with Crippen LogP contribution < -0.4 is 5.73 Å². The molecule has 102 valence electrons. The summed E-state index contributed by atoms with van der Waals surface area (Å²) in [6.07, 6.45) is 0.890. The summed E-state index contributed by atoms with van der Waals surface area (Å²) in [6, 6.07) is 8.48. The van der Waals surface area contributed by atoms with E-state index in [1.807, 2.05) is 0 Å². The van der Waals surface area contributed by atoms with Crippen LogP contribution in [-0.2, 0) is 6.42 Å². The first kappa shape index (κ1) is 13.8. The second-order valence-corrected chi connectivity index (χ2v) is 5.31. The van der Waals surface area contributed by atoms with Crippen LogP contribution in [0.5, 0.6) is 0 Å².